The van der Waals surface area contributed by atoms with Crippen molar-refractivity contribution in [2.45, 2.75) is 11.6 Å². The van der Waals surface area contributed by atoms with Gasteiger partial charge in [-0.05, 0) is 12.6 Å². The van der Waals surface area contributed by atoms with E-state index < -0.39 is 14.3 Å². The topological polar surface area (TPSA) is 30.5 Å². The average molecular weight is 223 g/mol. The normalized spacial score (nSPS) is 24.3. The lowest BCUT2D eigenvalue weighted by Gasteiger charge is -2.32. The van der Waals surface area contributed by atoms with E-state index in [-0.39, 0.29) is 0 Å². The van der Waals surface area contributed by atoms with Crippen molar-refractivity contribution >= 4 is 14.0 Å². The largest absolute Gasteiger partial charge is 0.344 e. The molecule has 0 aliphatic carbocycles. The van der Waals surface area contributed by atoms with E-state index in [9.17, 15) is 0 Å². The van der Waals surface area contributed by atoms with Crippen LogP contribution in [0.5, 0.6) is 0 Å². The second-order valence-electron chi connectivity index (χ2n) is 3.75. The van der Waals surface area contributed by atoms with E-state index in [1.54, 1.807) is 14.2 Å². The Balaban J connectivity index is 2.29. The molecule has 0 amide bonds. The fourth-order valence-corrected chi connectivity index (χ4v) is 5.52. The van der Waals surface area contributed by atoms with Gasteiger partial charge in [-0.1, -0.05) is 35.5 Å². The lowest BCUT2D eigenvalue weighted by Crippen LogP contribution is -2.58. The zero-order chi connectivity index (χ0) is 10.7. The van der Waals surface area contributed by atoms with Crippen LogP contribution >= 0.6 is 0 Å². The van der Waals surface area contributed by atoms with Crippen molar-refractivity contribution < 1.29 is 9.47 Å². The van der Waals surface area contributed by atoms with Crippen LogP contribution in [0, 0.1) is 0 Å². The molecule has 0 aromatic heterocycles. The van der Waals surface area contributed by atoms with Crippen LogP contribution in [0.4, 0.5) is 0 Å². The van der Waals surface area contributed by atoms with Crippen LogP contribution in [0.2, 0.25) is 6.04 Å². The molecule has 1 unspecified atom stereocenters. The van der Waals surface area contributed by atoms with Gasteiger partial charge in [0.25, 0.3) is 0 Å². The van der Waals surface area contributed by atoms with E-state index in [0.717, 1.165) is 6.54 Å². The van der Waals surface area contributed by atoms with E-state index in [0.29, 0.717) is 0 Å². The Bertz CT molecular complexity index is 314. The second-order valence-corrected chi connectivity index (χ2v) is 6.86. The standard InChI is InChI=1S/C11H17NO2Si/c1-13-11(14-2)12-8-9-15(11)10-6-4-3-5-7-10/h3-7,12,15H,8-9H2,1-2H3. The third kappa shape index (κ3) is 1.86. The fourth-order valence-electron chi connectivity index (χ4n) is 2.29. The Morgan fingerprint density at radius 3 is 2.47 bits per heavy atom. The van der Waals surface area contributed by atoms with Crippen LogP contribution in [0.1, 0.15) is 0 Å². The summed E-state index contributed by atoms with van der Waals surface area (Å²) in [4.78, 5) is 0. The van der Waals surface area contributed by atoms with Crippen molar-refractivity contribution in [3.63, 3.8) is 0 Å². The maximum atomic E-state index is 5.54. The van der Waals surface area contributed by atoms with Crippen LogP contribution in [0.25, 0.3) is 0 Å². The Morgan fingerprint density at radius 1 is 1.20 bits per heavy atom. The smallest absolute Gasteiger partial charge is 0.205 e. The molecule has 1 aromatic rings. The molecule has 15 heavy (non-hydrogen) atoms. The van der Waals surface area contributed by atoms with Gasteiger partial charge in [-0.2, -0.15) is 0 Å². The quantitative estimate of drug-likeness (QED) is 0.587. The molecule has 1 aromatic carbocycles. The lowest BCUT2D eigenvalue weighted by molar-refractivity contribution is -0.161. The number of benzene rings is 1. The van der Waals surface area contributed by atoms with Crippen LogP contribution in [-0.4, -0.2) is 35.1 Å². The maximum Gasteiger partial charge on any atom is 0.205 e. The molecule has 0 bridgehead atoms. The minimum atomic E-state index is -1.25. The summed E-state index contributed by atoms with van der Waals surface area (Å²) in [6.07, 6.45) is 0. The van der Waals surface area contributed by atoms with E-state index in [2.05, 4.69) is 29.6 Å². The molecule has 0 spiro atoms. The SMILES string of the molecule is COC1(OC)NCC[SiH]1c1ccccc1. The highest BCUT2D eigenvalue weighted by atomic mass is 28.3. The molecule has 1 fully saturated rings. The number of ether oxygens (including phenoxy) is 2. The van der Waals surface area contributed by atoms with Gasteiger partial charge in [0.2, 0.25) is 5.53 Å². The summed E-state index contributed by atoms with van der Waals surface area (Å²) in [5.41, 5.74) is -0.513. The predicted molar refractivity (Wildman–Crippen MR) is 62.8 cm³/mol. The van der Waals surface area contributed by atoms with E-state index in [1.165, 1.54) is 11.2 Å². The highest BCUT2D eigenvalue weighted by Crippen LogP contribution is 2.20. The zero-order valence-electron chi connectivity index (χ0n) is 9.19. The molecule has 4 heteroatoms. The molecule has 1 N–H and O–H groups in total. The third-order valence-corrected chi connectivity index (χ3v) is 6.72. The fraction of sp³-hybridized carbons (Fsp3) is 0.455. The predicted octanol–water partition coefficient (Wildman–Crippen LogP) is 0.210. The first-order valence-electron chi connectivity index (χ1n) is 5.22. The van der Waals surface area contributed by atoms with E-state index >= 15 is 0 Å². The van der Waals surface area contributed by atoms with Gasteiger partial charge in [0.05, 0.1) is 0 Å². The molecule has 0 saturated carbocycles. The molecule has 3 nitrogen and oxygen atoms in total. The van der Waals surface area contributed by atoms with Crippen molar-refractivity contribution in [1.29, 1.82) is 0 Å². The Labute approximate surface area is 92.0 Å². The zero-order valence-corrected chi connectivity index (χ0v) is 10.3. The van der Waals surface area contributed by atoms with Crippen molar-refractivity contribution in [3.05, 3.63) is 30.3 Å². The van der Waals surface area contributed by atoms with Gasteiger partial charge in [-0.3, -0.25) is 5.32 Å². The highest BCUT2D eigenvalue weighted by molar-refractivity contribution is 6.76. The average Bonchev–Trinajstić information content (AvgIpc) is 2.74. The van der Waals surface area contributed by atoms with Gasteiger partial charge in [-0.25, -0.2) is 0 Å². The van der Waals surface area contributed by atoms with E-state index in [1.807, 2.05) is 6.07 Å². The molecule has 1 aliphatic heterocycles. The first-order chi connectivity index (χ1) is 7.32. The van der Waals surface area contributed by atoms with Crippen molar-refractivity contribution in [3.8, 4) is 0 Å². The minimum Gasteiger partial charge on any atom is -0.344 e. The lowest BCUT2D eigenvalue weighted by atomic mass is 10.4. The highest BCUT2D eigenvalue weighted by Gasteiger charge is 2.45. The van der Waals surface area contributed by atoms with Gasteiger partial charge in [-0.15, -0.1) is 0 Å². The monoisotopic (exact) mass is 223 g/mol. The Morgan fingerprint density at radius 2 is 1.87 bits per heavy atom. The number of nitrogens with one attached hydrogen (secondary N) is 1. The van der Waals surface area contributed by atoms with Crippen LogP contribution in [0.3, 0.4) is 0 Å². The maximum absolute atomic E-state index is 5.54. The van der Waals surface area contributed by atoms with Crippen molar-refractivity contribution in [2.24, 2.45) is 0 Å². The summed E-state index contributed by atoms with van der Waals surface area (Å²) in [7, 11) is 2.18. The summed E-state index contributed by atoms with van der Waals surface area (Å²) in [5, 5.41) is 4.73. The number of hydrogen-bond acceptors (Lipinski definition) is 3. The molecular formula is C11H17NO2Si. The third-order valence-electron chi connectivity index (χ3n) is 3.07. The second kappa shape index (κ2) is 4.45. The van der Waals surface area contributed by atoms with Crippen molar-refractivity contribution in [1.82, 2.24) is 5.32 Å². The molecule has 1 saturated heterocycles. The van der Waals surface area contributed by atoms with Gasteiger partial charge >= 0.3 is 0 Å². The number of hydrogen-bond donors (Lipinski definition) is 1. The molecular weight excluding hydrogens is 206 g/mol. The number of rotatable bonds is 3. The summed E-state index contributed by atoms with van der Waals surface area (Å²) in [6, 6.07) is 11.7. The molecule has 82 valence electrons. The molecule has 2 rings (SSSR count). The first kappa shape index (κ1) is 10.8. The van der Waals surface area contributed by atoms with E-state index in [4.69, 9.17) is 9.47 Å². The van der Waals surface area contributed by atoms with Crippen LogP contribution in [-0.2, 0) is 9.47 Å². The molecule has 1 heterocycles. The first-order valence-corrected chi connectivity index (χ1v) is 7.20. The Hall–Kier alpha value is -0.683. The van der Waals surface area contributed by atoms with Gasteiger partial charge < -0.3 is 9.47 Å². The summed E-state index contributed by atoms with van der Waals surface area (Å²) in [5.74, 6) is 0. The molecule has 0 radical (unpaired) electrons. The van der Waals surface area contributed by atoms with Crippen LogP contribution < -0.4 is 10.5 Å². The van der Waals surface area contributed by atoms with Gasteiger partial charge in [0.15, 0.2) is 8.80 Å². The minimum absolute atomic E-state index is 0.513. The summed E-state index contributed by atoms with van der Waals surface area (Å²) >= 11 is 0. The summed E-state index contributed by atoms with van der Waals surface area (Å²) < 4.78 is 11.1. The van der Waals surface area contributed by atoms with Gasteiger partial charge in [0.1, 0.15) is 0 Å². The van der Waals surface area contributed by atoms with Crippen molar-refractivity contribution in [2.75, 3.05) is 20.8 Å². The Kier molecular flexibility index (Phi) is 3.21. The molecule has 1 atom stereocenters. The van der Waals surface area contributed by atoms with Gasteiger partial charge in [0, 0.05) is 14.2 Å². The molecule has 1 aliphatic rings. The van der Waals surface area contributed by atoms with Crippen LogP contribution in [0.15, 0.2) is 30.3 Å². The summed E-state index contributed by atoms with van der Waals surface area (Å²) in [6.45, 7) is 0.980. The number of methoxy groups -OCH3 is 2.